The molecule has 0 bridgehead atoms. The van der Waals surface area contributed by atoms with Gasteiger partial charge in [-0.25, -0.2) is 4.39 Å². The number of nitrogens with zero attached hydrogens (tertiary/aromatic N) is 1. The largest absolute Gasteiger partial charge is 0.320 e. The molecule has 1 aromatic heterocycles. The Labute approximate surface area is 98.3 Å². The molecule has 86 valence electrons. The molecule has 4 heteroatoms. The maximum atomic E-state index is 13.3. The van der Waals surface area contributed by atoms with Crippen molar-refractivity contribution in [2.24, 2.45) is 0 Å². The molecule has 3 nitrogen and oxygen atoms in total. The van der Waals surface area contributed by atoms with Gasteiger partial charge in [0.25, 0.3) is 5.91 Å². The van der Waals surface area contributed by atoms with Crippen LogP contribution in [0.25, 0.3) is 0 Å². The average Bonchev–Trinajstić information content (AvgIpc) is 2.29. The van der Waals surface area contributed by atoms with Gasteiger partial charge in [0.2, 0.25) is 0 Å². The van der Waals surface area contributed by atoms with E-state index in [2.05, 4.69) is 10.3 Å². The van der Waals surface area contributed by atoms with Gasteiger partial charge in [-0.05, 0) is 30.7 Å². The molecule has 0 unspecified atom stereocenters. The lowest BCUT2D eigenvalue weighted by molar-refractivity contribution is 0.102. The van der Waals surface area contributed by atoms with Crippen LogP contribution in [0.3, 0.4) is 0 Å². The van der Waals surface area contributed by atoms with Gasteiger partial charge in [-0.2, -0.15) is 0 Å². The minimum atomic E-state index is -0.536. The van der Waals surface area contributed by atoms with Gasteiger partial charge in [-0.1, -0.05) is 12.1 Å². The van der Waals surface area contributed by atoms with Crippen LogP contribution in [0, 0.1) is 12.7 Å². The molecule has 0 atom stereocenters. The maximum Gasteiger partial charge on any atom is 0.258 e. The minimum absolute atomic E-state index is 0.0222. The summed E-state index contributed by atoms with van der Waals surface area (Å²) in [5, 5.41) is 2.60. The third-order valence-corrected chi connectivity index (χ3v) is 2.25. The molecule has 0 saturated carbocycles. The van der Waals surface area contributed by atoms with Gasteiger partial charge in [-0.15, -0.1) is 0 Å². The van der Waals surface area contributed by atoms with Crippen LogP contribution in [-0.2, 0) is 0 Å². The van der Waals surface area contributed by atoms with Gasteiger partial charge in [0, 0.05) is 6.20 Å². The van der Waals surface area contributed by atoms with E-state index in [1.54, 1.807) is 24.4 Å². The maximum absolute atomic E-state index is 13.3. The molecule has 1 aromatic carbocycles. The number of aryl methyl sites for hydroxylation is 1. The van der Waals surface area contributed by atoms with Gasteiger partial charge >= 0.3 is 0 Å². The number of amides is 1. The Morgan fingerprint density at radius 2 is 2.06 bits per heavy atom. The number of carbonyl (C=O) groups is 1. The van der Waals surface area contributed by atoms with E-state index < -0.39 is 11.7 Å². The molecular formula is C13H11FN2O. The number of pyridine rings is 1. The van der Waals surface area contributed by atoms with E-state index in [0.717, 1.165) is 5.56 Å². The summed E-state index contributed by atoms with van der Waals surface area (Å²) in [6.07, 6.45) is 3.20. The number of halogens is 1. The van der Waals surface area contributed by atoms with Crippen LogP contribution in [0.15, 0.2) is 42.7 Å². The Kier molecular flexibility index (Phi) is 3.14. The van der Waals surface area contributed by atoms with Crippen LogP contribution in [0.5, 0.6) is 0 Å². The highest BCUT2D eigenvalue weighted by Crippen LogP contribution is 2.11. The highest BCUT2D eigenvalue weighted by Gasteiger charge is 2.10. The van der Waals surface area contributed by atoms with Crippen LogP contribution >= 0.6 is 0 Å². The fourth-order valence-corrected chi connectivity index (χ4v) is 1.47. The van der Waals surface area contributed by atoms with Crippen LogP contribution in [0.2, 0.25) is 0 Å². The summed E-state index contributed by atoms with van der Waals surface area (Å²) in [6, 6.07) is 7.62. The van der Waals surface area contributed by atoms with Gasteiger partial charge in [0.1, 0.15) is 5.82 Å². The quantitative estimate of drug-likeness (QED) is 0.861. The molecule has 0 fully saturated rings. The second kappa shape index (κ2) is 4.74. The first-order chi connectivity index (χ1) is 8.16. The predicted molar refractivity (Wildman–Crippen MR) is 63.3 cm³/mol. The molecule has 0 aliphatic carbocycles. The lowest BCUT2D eigenvalue weighted by atomic mass is 10.2. The van der Waals surface area contributed by atoms with Crippen molar-refractivity contribution < 1.29 is 9.18 Å². The smallest absolute Gasteiger partial charge is 0.258 e. The fourth-order valence-electron chi connectivity index (χ4n) is 1.47. The second-order valence-corrected chi connectivity index (χ2v) is 3.68. The van der Waals surface area contributed by atoms with E-state index >= 15 is 0 Å². The number of nitrogens with one attached hydrogen (secondary N) is 1. The van der Waals surface area contributed by atoms with Gasteiger partial charge in [0.15, 0.2) is 0 Å². The van der Waals surface area contributed by atoms with Crippen molar-refractivity contribution in [3.8, 4) is 0 Å². The highest BCUT2D eigenvalue weighted by molar-refractivity contribution is 6.04. The molecule has 0 spiro atoms. The summed E-state index contributed by atoms with van der Waals surface area (Å²) in [5.74, 6) is -1.01. The number of anilines is 1. The van der Waals surface area contributed by atoms with Crippen molar-refractivity contribution in [3.05, 3.63) is 59.7 Å². The van der Waals surface area contributed by atoms with Crippen molar-refractivity contribution in [2.75, 3.05) is 5.32 Å². The molecular weight excluding hydrogens is 219 g/mol. The summed E-state index contributed by atoms with van der Waals surface area (Å²) in [4.78, 5) is 15.7. The first kappa shape index (κ1) is 11.3. The van der Waals surface area contributed by atoms with Crippen LogP contribution < -0.4 is 5.32 Å². The average molecular weight is 230 g/mol. The molecule has 1 amide bonds. The SMILES string of the molecule is Cc1cncc(NC(=O)c2ccccc2F)c1. The Hall–Kier alpha value is -2.23. The van der Waals surface area contributed by atoms with Gasteiger partial charge in [0.05, 0.1) is 17.4 Å². The van der Waals surface area contributed by atoms with E-state index in [0.29, 0.717) is 5.69 Å². The van der Waals surface area contributed by atoms with Crippen molar-refractivity contribution in [3.63, 3.8) is 0 Å². The Bertz CT molecular complexity index is 555. The molecule has 0 aliphatic rings. The van der Waals surface area contributed by atoms with E-state index in [1.165, 1.54) is 18.3 Å². The lowest BCUT2D eigenvalue weighted by Gasteiger charge is -2.05. The summed E-state index contributed by atoms with van der Waals surface area (Å²) in [5.41, 5.74) is 1.50. The van der Waals surface area contributed by atoms with Gasteiger partial charge < -0.3 is 5.32 Å². The third-order valence-electron chi connectivity index (χ3n) is 2.25. The third kappa shape index (κ3) is 2.66. The van der Waals surface area contributed by atoms with Crippen molar-refractivity contribution >= 4 is 11.6 Å². The first-order valence-electron chi connectivity index (χ1n) is 5.14. The first-order valence-corrected chi connectivity index (χ1v) is 5.14. The molecule has 1 heterocycles. The van der Waals surface area contributed by atoms with Crippen LogP contribution in [0.4, 0.5) is 10.1 Å². The standard InChI is InChI=1S/C13H11FN2O/c1-9-6-10(8-15-7-9)16-13(17)11-4-2-3-5-12(11)14/h2-8H,1H3,(H,16,17). The molecule has 0 radical (unpaired) electrons. The molecule has 0 saturated heterocycles. The van der Waals surface area contributed by atoms with E-state index in [4.69, 9.17) is 0 Å². The molecule has 1 N–H and O–H groups in total. The minimum Gasteiger partial charge on any atom is -0.320 e. The van der Waals surface area contributed by atoms with Crippen LogP contribution in [0.1, 0.15) is 15.9 Å². The molecule has 17 heavy (non-hydrogen) atoms. The Morgan fingerprint density at radius 3 is 2.76 bits per heavy atom. The van der Waals surface area contributed by atoms with Crippen molar-refractivity contribution in [2.45, 2.75) is 6.92 Å². The summed E-state index contributed by atoms with van der Waals surface area (Å²) in [7, 11) is 0. The normalized spacial score (nSPS) is 10.0. The number of aromatic nitrogens is 1. The number of hydrogen-bond acceptors (Lipinski definition) is 2. The summed E-state index contributed by atoms with van der Waals surface area (Å²) < 4.78 is 13.3. The number of hydrogen-bond donors (Lipinski definition) is 1. The number of rotatable bonds is 2. The Balaban J connectivity index is 2.20. The summed E-state index contributed by atoms with van der Waals surface area (Å²) >= 11 is 0. The number of carbonyl (C=O) groups excluding carboxylic acids is 1. The Morgan fingerprint density at radius 1 is 1.29 bits per heavy atom. The molecule has 0 aliphatic heterocycles. The van der Waals surface area contributed by atoms with E-state index in [-0.39, 0.29) is 5.56 Å². The van der Waals surface area contributed by atoms with Crippen molar-refractivity contribution in [1.29, 1.82) is 0 Å². The fraction of sp³-hybridized carbons (Fsp3) is 0.0769. The van der Waals surface area contributed by atoms with Gasteiger partial charge in [-0.3, -0.25) is 9.78 Å². The zero-order chi connectivity index (χ0) is 12.3. The molecule has 2 aromatic rings. The monoisotopic (exact) mass is 230 g/mol. The lowest BCUT2D eigenvalue weighted by Crippen LogP contribution is -2.13. The van der Waals surface area contributed by atoms with E-state index in [9.17, 15) is 9.18 Å². The highest BCUT2D eigenvalue weighted by atomic mass is 19.1. The second-order valence-electron chi connectivity index (χ2n) is 3.68. The summed E-state index contributed by atoms with van der Waals surface area (Å²) in [6.45, 7) is 1.87. The van der Waals surface area contributed by atoms with E-state index in [1.807, 2.05) is 6.92 Å². The molecule has 2 rings (SSSR count). The zero-order valence-corrected chi connectivity index (χ0v) is 9.27. The number of benzene rings is 1. The van der Waals surface area contributed by atoms with Crippen LogP contribution in [-0.4, -0.2) is 10.9 Å². The predicted octanol–water partition coefficient (Wildman–Crippen LogP) is 2.78. The van der Waals surface area contributed by atoms with Crippen molar-refractivity contribution in [1.82, 2.24) is 4.98 Å². The zero-order valence-electron chi connectivity index (χ0n) is 9.27. The topological polar surface area (TPSA) is 42.0 Å².